The topological polar surface area (TPSA) is 54.5 Å². The molecule has 0 aliphatic carbocycles. The van der Waals surface area contributed by atoms with Crippen LogP contribution in [0.1, 0.15) is 11.5 Å². The fraction of sp³-hybridized carbons (Fsp3) is 0.133. The molecular weight excluding hydrogens is 252 g/mol. The lowest BCUT2D eigenvalue weighted by Crippen LogP contribution is -2.11. The second-order valence-electron chi connectivity index (χ2n) is 4.43. The molecule has 2 heterocycles. The number of rotatable bonds is 3. The molecule has 0 amide bonds. The molecule has 0 N–H and O–H groups in total. The van der Waals surface area contributed by atoms with Gasteiger partial charge in [-0.1, -0.05) is 12.1 Å². The number of para-hydroxylation sites is 2. The maximum Gasteiger partial charge on any atom is 0.167 e. The third-order valence-corrected chi connectivity index (χ3v) is 2.89. The lowest BCUT2D eigenvalue weighted by molar-refractivity contribution is 0.527. The van der Waals surface area contributed by atoms with Gasteiger partial charge in [0.1, 0.15) is 11.5 Å². The molecule has 0 radical (unpaired) electrons. The second-order valence-corrected chi connectivity index (χ2v) is 4.43. The Kier molecular flexibility index (Phi) is 3.16. The van der Waals surface area contributed by atoms with Crippen LogP contribution in [-0.4, -0.2) is 23.2 Å². The minimum atomic E-state index is 0.684. The zero-order valence-corrected chi connectivity index (χ0v) is 11.3. The summed E-state index contributed by atoms with van der Waals surface area (Å²) in [5.41, 5.74) is 1.72. The van der Waals surface area contributed by atoms with E-state index in [2.05, 4.69) is 15.1 Å². The normalized spacial score (nSPS) is 11.3. The highest BCUT2D eigenvalue weighted by molar-refractivity contribution is 5.78. The highest BCUT2D eigenvalue weighted by atomic mass is 16.3. The van der Waals surface area contributed by atoms with Gasteiger partial charge in [-0.3, -0.25) is 4.98 Å². The molecule has 0 saturated carbocycles. The van der Waals surface area contributed by atoms with Crippen molar-refractivity contribution in [2.75, 3.05) is 12.1 Å². The van der Waals surface area contributed by atoms with E-state index >= 15 is 0 Å². The highest BCUT2D eigenvalue weighted by Gasteiger charge is 2.03. The van der Waals surface area contributed by atoms with E-state index in [1.165, 1.54) is 0 Å². The monoisotopic (exact) mass is 266 g/mol. The number of hydrogen-bond donors (Lipinski definition) is 0. The largest absolute Gasteiger partial charge is 0.460 e. The molecule has 0 unspecified atom stereocenters. The average molecular weight is 266 g/mol. The number of aryl methyl sites for hydroxylation is 1. The molecule has 5 nitrogen and oxygen atoms in total. The van der Waals surface area contributed by atoms with Crippen molar-refractivity contribution < 1.29 is 4.42 Å². The van der Waals surface area contributed by atoms with Crippen molar-refractivity contribution in [1.29, 1.82) is 0 Å². The molecule has 5 heteroatoms. The van der Waals surface area contributed by atoms with Crippen LogP contribution in [0.25, 0.3) is 11.0 Å². The van der Waals surface area contributed by atoms with E-state index in [9.17, 15) is 0 Å². The van der Waals surface area contributed by atoms with Crippen LogP contribution < -0.4 is 5.01 Å². The molecule has 100 valence electrons. The van der Waals surface area contributed by atoms with Gasteiger partial charge in [-0.05, 0) is 31.2 Å². The number of fused-ring (bicyclic) bond motifs is 1. The number of anilines is 1. The van der Waals surface area contributed by atoms with E-state index in [-0.39, 0.29) is 0 Å². The molecule has 0 saturated heterocycles. The predicted molar refractivity (Wildman–Crippen MR) is 79.0 cm³/mol. The van der Waals surface area contributed by atoms with Gasteiger partial charge in [0.05, 0.1) is 23.4 Å². The first-order valence-corrected chi connectivity index (χ1v) is 6.28. The molecule has 3 rings (SSSR count). The van der Waals surface area contributed by atoms with Crippen molar-refractivity contribution in [2.45, 2.75) is 6.92 Å². The second kappa shape index (κ2) is 5.13. The fourth-order valence-corrected chi connectivity index (χ4v) is 1.83. The Labute approximate surface area is 116 Å². The molecule has 1 aromatic carbocycles. The molecular formula is C15H14N4O. The lowest BCUT2D eigenvalue weighted by Gasteiger charge is -2.11. The summed E-state index contributed by atoms with van der Waals surface area (Å²) in [4.78, 5) is 8.87. The molecule has 3 aromatic rings. The van der Waals surface area contributed by atoms with Gasteiger partial charge in [-0.15, -0.1) is 0 Å². The van der Waals surface area contributed by atoms with Gasteiger partial charge < -0.3 is 4.42 Å². The van der Waals surface area contributed by atoms with E-state index in [0.29, 0.717) is 11.6 Å². The number of furan rings is 1. The van der Waals surface area contributed by atoms with E-state index in [1.54, 1.807) is 17.4 Å². The Morgan fingerprint density at radius 3 is 2.70 bits per heavy atom. The fourth-order valence-electron chi connectivity index (χ4n) is 1.83. The van der Waals surface area contributed by atoms with Gasteiger partial charge in [0.15, 0.2) is 5.82 Å². The third-order valence-electron chi connectivity index (χ3n) is 2.89. The molecule has 0 bridgehead atoms. The van der Waals surface area contributed by atoms with Gasteiger partial charge in [0.2, 0.25) is 0 Å². The number of hydrogen-bond acceptors (Lipinski definition) is 5. The number of nitrogens with zero attached hydrogens (tertiary/aromatic N) is 4. The summed E-state index contributed by atoms with van der Waals surface area (Å²) in [5.74, 6) is 2.26. The zero-order valence-electron chi connectivity index (χ0n) is 11.3. The molecule has 2 aromatic heterocycles. The van der Waals surface area contributed by atoms with Gasteiger partial charge in [0, 0.05) is 7.05 Å². The van der Waals surface area contributed by atoms with Crippen molar-refractivity contribution in [3.05, 3.63) is 54.1 Å². The minimum Gasteiger partial charge on any atom is -0.460 e. The Morgan fingerprint density at radius 2 is 1.95 bits per heavy atom. The standard InChI is InChI=1S/C15H14N4O/c1-11-7-8-12(20-11)9-17-19(2)15-10-16-13-5-3-4-6-14(13)18-15/h3-10H,1-2H3/b17-9+. The Morgan fingerprint density at radius 1 is 1.15 bits per heavy atom. The van der Waals surface area contributed by atoms with Crippen LogP contribution in [-0.2, 0) is 0 Å². The van der Waals surface area contributed by atoms with Crippen molar-refractivity contribution in [3.8, 4) is 0 Å². The van der Waals surface area contributed by atoms with Gasteiger partial charge in [-0.25, -0.2) is 9.99 Å². The quantitative estimate of drug-likeness (QED) is 0.540. The molecule has 0 fully saturated rings. The van der Waals surface area contributed by atoms with E-state index in [1.807, 2.05) is 50.4 Å². The Balaban J connectivity index is 1.84. The first-order chi connectivity index (χ1) is 9.72. The highest BCUT2D eigenvalue weighted by Crippen LogP contribution is 2.14. The summed E-state index contributed by atoms with van der Waals surface area (Å²) < 4.78 is 5.43. The van der Waals surface area contributed by atoms with Gasteiger partial charge in [0.25, 0.3) is 0 Å². The molecule has 0 atom stereocenters. The third kappa shape index (κ3) is 2.51. The summed E-state index contributed by atoms with van der Waals surface area (Å²) in [6.07, 6.45) is 3.36. The van der Waals surface area contributed by atoms with Crippen LogP contribution in [0.3, 0.4) is 0 Å². The smallest absolute Gasteiger partial charge is 0.167 e. The van der Waals surface area contributed by atoms with Crippen molar-refractivity contribution in [3.63, 3.8) is 0 Å². The van der Waals surface area contributed by atoms with Crippen LogP contribution in [0.15, 0.2) is 52.1 Å². The first-order valence-electron chi connectivity index (χ1n) is 6.28. The Bertz CT molecular complexity index is 763. The van der Waals surface area contributed by atoms with Crippen LogP contribution in [0.4, 0.5) is 5.82 Å². The van der Waals surface area contributed by atoms with Crippen molar-refractivity contribution in [1.82, 2.24) is 9.97 Å². The lowest BCUT2D eigenvalue weighted by atomic mass is 10.3. The maximum atomic E-state index is 5.43. The summed E-state index contributed by atoms with van der Waals surface area (Å²) in [6.45, 7) is 1.90. The van der Waals surface area contributed by atoms with E-state index in [4.69, 9.17) is 4.42 Å². The number of hydrazone groups is 1. The van der Waals surface area contributed by atoms with Crippen molar-refractivity contribution >= 4 is 23.1 Å². The van der Waals surface area contributed by atoms with Crippen LogP contribution >= 0.6 is 0 Å². The first kappa shape index (κ1) is 12.3. The SMILES string of the molecule is Cc1ccc(/C=N/N(C)c2cnc3ccccc3n2)o1. The molecule has 0 spiro atoms. The summed E-state index contributed by atoms with van der Waals surface area (Å²) in [6, 6.07) is 11.5. The van der Waals surface area contributed by atoms with Crippen LogP contribution in [0, 0.1) is 6.92 Å². The van der Waals surface area contributed by atoms with Crippen LogP contribution in [0.5, 0.6) is 0 Å². The van der Waals surface area contributed by atoms with Crippen molar-refractivity contribution in [2.24, 2.45) is 5.10 Å². The van der Waals surface area contributed by atoms with E-state index < -0.39 is 0 Å². The molecule has 0 aliphatic rings. The predicted octanol–water partition coefficient (Wildman–Crippen LogP) is 3.00. The average Bonchev–Trinajstić information content (AvgIpc) is 2.90. The van der Waals surface area contributed by atoms with Gasteiger partial charge >= 0.3 is 0 Å². The summed E-state index contributed by atoms with van der Waals surface area (Å²) >= 11 is 0. The zero-order chi connectivity index (χ0) is 13.9. The number of benzene rings is 1. The molecule has 20 heavy (non-hydrogen) atoms. The van der Waals surface area contributed by atoms with Crippen LogP contribution in [0.2, 0.25) is 0 Å². The Hall–Kier alpha value is -2.69. The summed E-state index contributed by atoms with van der Waals surface area (Å²) in [7, 11) is 1.82. The minimum absolute atomic E-state index is 0.684. The summed E-state index contributed by atoms with van der Waals surface area (Å²) in [5, 5.41) is 5.96. The maximum absolute atomic E-state index is 5.43. The van der Waals surface area contributed by atoms with Gasteiger partial charge in [-0.2, -0.15) is 5.10 Å². The molecule has 0 aliphatic heterocycles. The number of aromatic nitrogens is 2. The van der Waals surface area contributed by atoms with E-state index in [0.717, 1.165) is 16.8 Å².